The summed E-state index contributed by atoms with van der Waals surface area (Å²) in [6.07, 6.45) is 8.88. The van der Waals surface area contributed by atoms with Gasteiger partial charge in [0.2, 0.25) is 5.88 Å². The number of fused-ring (bicyclic) bond motifs is 2. The first-order valence-electron chi connectivity index (χ1n) is 10.9. The van der Waals surface area contributed by atoms with Crippen LogP contribution < -0.4 is 15.4 Å². The Morgan fingerprint density at radius 2 is 2.00 bits per heavy atom. The quantitative estimate of drug-likeness (QED) is 0.529. The van der Waals surface area contributed by atoms with Crippen LogP contribution in [-0.4, -0.2) is 62.2 Å². The van der Waals surface area contributed by atoms with E-state index in [2.05, 4.69) is 35.8 Å². The smallest absolute Gasteiger partial charge is 0.212 e. The van der Waals surface area contributed by atoms with Crippen LogP contribution in [0.25, 0.3) is 16.8 Å². The van der Waals surface area contributed by atoms with Crippen molar-refractivity contribution in [3.8, 4) is 29.0 Å². The van der Waals surface area contributed by atoms with Crippen molar-refractivity contribution in [2.24, 2.45) is 5.73 Å². The van der Waals surface area contributed by atoms with Crippen LogP contribution in [0.4, 0.5) is 5.82 Å². The molecular weight excluding hydrogens is 432 g/mol. The predicted molar refractivity (Wildman–Crippen MR) is 125 cm³/mol. The maximum atomic E-state index is 9.91. The van der Waals surface area contributed by atoms with Gasteiger partial charge < -0.3 is 20.5 Å². The molecule has 0 spiro atoms. The van der Waals surface area contributed by atoms with Crippen LogP contribution in [-0.2, 0) is 6.54 Å². The third-order valence-corrected chi connectivity index (χ3v) is 6.37. The molecule has 3 aliphatic heterocycles. The predicted octanol–water partition coefficient (Wildman–Crippen LogP) is 1.93. The first-order valence-corrected chi connectivity index (χ1v) is 10.9. The van der Waals surface area contributed by atoms with E-state index in [0.29, 0.717) is 34.9 Å². The summed E-state index contributed by atoms with van der Waals surface area (Å²) >= 11 is 0. The van der Waals surface area contributed by atoms with Crippen LogP contribution in [0.3, 0.4) is 0 Å². The van der Waals surface area contributed by atoms with Gasteiger partial charge in [-0.1, -0.05) is 6.07 Å². The molecule has 3 N–H and O–H groups in total. The molecule has 10 nitrogen and oxygen atoms in total. The third-order valence-electron chi connectivity index (χ3n) is 6.37. The van der Waals surface area contributed by atoms with E-state index in [-0.39, 0.29) is 11.3 Å². The number of nitrogens with zero attached hydrogens (tertiary/aromatic N) is 7. The zero-order valence-electron chi connectivity index (χ0n) is 18.7. The van der Waals surface area contributed by atoms with Gasteiger partial charge in [0.05, 0.1) is 42.7 Å². The molecule has 2 bridgehead atoms. The lowest BCUT2D eigenvalue weighted by Crippen LogP contribution is -2.68. The molecule has 0 amide bonds. The summed E-state index contributed by atoms with van der Waals surface area (Å²) in [5, 5.41) is 19.3. The highest BCUT2D eigenvalue weighted by Gasteiger charge is 2.44. The number of nitrogens with two attached hydrogens (primary N) is 1. The van der Waals surface area contributed by atoms with Crippen molar-refractivity contribution in [3.63, 3.8) is 0 Å². The van der Waals surface area contributed by atoms with Crippen molar-refractivity contribution >= 4 is 11.4 Å². The molecule has 0 aromatic carbocycles. The highest BCUT2D eigenvalue weighted by molar-refractivity contribution is 5.84. The van der Waals surface area contributed by atoms with Crippen LogP contribution in [0.5, 0.6) is 11.6 Å². The summed E-state index contributed by atoms with van der Waals surface area (Å²) in [5.41, 5.74) is 8.30. The first kappa shape index (κ1) is 21.6. The standard InChI is InChI=1S/C24H24N8O2/c1-34-23-3-2-15(8-29-23)12-32-17-4-18(32)14-31(13-17)22-11-27-21(10-28-22)20-5-19(33)9-30-24(20)16(6-25)7-26/h2-3,5-6,8-11,17-18,33H,4,12-14,25H2,1H3. The maximum absolute atomic E-state index is 9.91. The number of hydrogen-bond donors (Lipinski definition) is 2. The fourth-order valence-corrected chi connectivity index (χ4v) is 4.62. The van der Waals surface area contributed by atoms with Gasteiger partial charge in [-0.3, -0.25) is 14.9 Å². The van der Waals surface area contributed by atoms with Crippen molar-refractivity contribution in [3.05, 3.63) is 60.4 Å². The molecule has 2 unspecified atom stereocenters. The zero-order valence-corrected chi connectivity index (χ0v) is 18.7. The number of aromatic hydroxyl groups is 1. The number of piperidine rings is 1. The average molecular weight is 457 g/mol. The Morgan fingerprint density at radius 1 is 1.18 bits per heavy atom. The van der Waals surface area contributed by atoms with E-state index < -0.39 is 0 Å². The van der Waals surface area contributed by atoms with Gasteiger partial charge in [0.25, 0.3) is 0 Å². The minimum absolute atomic E-state index is 0.0257. The van der Waals surface area contributed by atoms with Crippen LogP contribution >= 0.6 is 0 Å². The molecule has 3 saturated heterocycles. The van der Waals surface area contributed by atoms with E-state index >= 15 is 0 Å². The van der Waals surface area contributed by atoms with Crippen LogP contribution in [0.1, 0.15) is 17.7 Å². The summed E-state index contributed by atoms with van der Waals surface area (Å²) in [6, 6.07) is 8.39. The Bertz CT molecular complexity index is 1240. The largest absolute Gasteiger partial charge is 0.506 e. The molecule has 6 heterocycles. The van der Waals surface area contributed by atoms with Gasteiger partial charge in [-0.15, -0.1) is 0 Å². The molecular formula is C24H24N8O2. The lowest BCUT2D eigenvalue weighted by Gasteiger charge is -2.56. The van der Waals surface area contributed by atoms with Crippen molar-refractivity contribution in [2.45, 2.75) is 25.0 Å². The van der Waals surface area contributed by atoms with Crippen LogP contribution in [0.2, 0.25) is 0 Å². The Hall–Kier alpha value is -4.23. The second-order valence-corrected chi connectivity index (χ2v) is 8.37. The lowest BCUT2D eigenvalue weighted by atomic mass is 9.87. The fourth-order valence-electron chi connectivity index (χ4n) is 4.62. The van der Waals surface area contributed by atoms with Crippen molar-refractivity contribution in [1.82, 2.24) is 24.8 Å². The monoisotopic (exact) mass is 456 g/mol. The molecule has 3 fully saturated rings. The van der Waals surface area contributed by atoms with Crippen molar-refractivity contribution in [1.29, 1.82) is 5.26 Å². The van der Waals surface area contributed by atoms with Crippen LogP contribution in [0, 0.1) is 11.3 Å². The Balaban J connectivity index is 1.29. The maximum Gasteiger partial charge on any atom is 0.212 e. The van der Waals surface area contributed by atoms with Gasteiger partial charge in [-0.25, -0.2) is 9.97 Å². The number of rotatable bonds is 6. The molecule has 0 saturated carbocycles. The molecule has 0 aliphatic carbocycles. The number of aromatic nitrogens is 4. The van der Waals surface area contributed by atoms with E-state index in [1.807, 2.05) is 18.3 Å². The normalized spacial score (nSPS) is 19.9. The molecule has 10 heteroatoms. The number of piperazine rings is 1. The molecule has 172 valence electrons. The number of nitriles is 1. The third kappa shape index (κ3) is 3.97. The summed E-state index contributed by atoms with van der Waals surface area (Å²) in [4.78, 5) is 22.4. The molecule has 3 aromatic heterocycles. The Labute approximate surface area is 197 Å². The van der Waals surface area contributed by atoms with Crippen LogP contribution in [0.15, 0.2) is 49.2 Å². The highest BCUT2D eigenvalue weighted by Crippen LogP contribution is 2.36. The summed E-state index contributed by atoms with van der Waals surface area (Å²) in [6.45, 7) is 2.62. The highest BCUT2D eigenvalue weighted by atomic mass is 16.5. The lowest BCUT2D eigenvalue weighted by molar-refractivity contribution is -0.00879. The molecule has 3 aliphatic rings. The van der Waals surface area contributed by atoms with Gasteiger partial charge in [-0.2, -0.15) is 5.26 Å². The minimum atomic E-state index is -0.0257. The Morgan fingerprint density at radius 3 is 2.62 bits per heavy atom. The molecule has 6 rings (SSSR count). The van der Waals surface area contributed by atoms with E-state index in [1.54, 1.807) is 19.5 Å². The number of ether oxygens (including phenoxy) is 1. The van der Waals surface area contributed by atoms with E-state index in [1.165, 1.54) is 30.4 Å². The van der Waals surface area contributed by atoms with Gasteiger partial charge in [0.15, 0.2) is 0 Å². The summed E-state index contributed by atoms with van der Waals surface area (Å²) in [7, 11) is 1.62. The van der Waals surface area contributed by atoms with Gasteiger partial charge in [0, 0.05) is 55.7 Å². The molecule has 34 heavy (non-hydrogen) atoms. The number of hydrogen-bond acceptors (Lipinski definition) is 10. The number of methoxy groups -OCH3 is 1. The summed E-state index contributed by atoms with van der Waals surface area (Å²) < 4.78 is 5.14. The van der Waals surface area contributed by atoms with Crippen molar-refractivity contribution in [2.75, 3.05) is 25.1 Å². The topological polar surface area (TPSA) is 137 Å². The second kappa shape index (κ2) is 8.96. The Kier molecular flexibility index (Phi) is 5.69. The van der Waals surface area contributed by atoms with Gasteiger partial charge in [0.1, 0.15) is 17.6 Å². The van der Waals surface area contributed by atoms with Crippen molar-refractivity contribution < 1.29 is 9.84 Å². The first-order chi connectivity index (χ1) is 16.6. The van der Waals surface area contributed by atoms with E-state index in [9.17, 15) is 10.4 Å². The average Bonchev–Trinajstić information content (AvgIpc) is 2.89. The van der Waals surface area contributed by atoms with Gasteiger partial charge >= 0.3 is 0 Å². The number of allylic oxidation sites excluding steroid dienone is 1. The van der Waals surface area contributed by atoms with Gasteiger partial charge in [-0.05, 0) is 18.1 Å². The van der Waals surface area contributed by atoms with E-state index in [4.69, 9.17) is 10.5 Å². The molecule has 2 atom stereocenters. The van der Waals surface area contributed by atoms with E-state index in [0.717, 1.165) is 25.5 Å². The fraction of sp³-hybridized carbons (Fsp3) is 0.292. The number of anilines is 1. The SMILES string of the molecule is COc1ccc(CN2C3CC2CN(c2cnc(-c4cc(O)cnc4C(C#N)=CN)cn2)C3)cn1. The number of pyridine rings is 2. The zero-order chi connectivity index (χ0) is 23.7. The summed E-state index contributed by atoms with van der Waals surface area (Å²) in [5.74, 6) is 1.40. The molecule has 3 aromatic rings. The minimum Gasteiger partial charge on any atom is -0.506 e. The second-order valence-electron chi connectivity index (χ2n) is 8.37. The molecule has 0 radical (unpaired) electrons.